The van der Waals surface area contributed by atoms with Crippen LogP contribution in [-0.2, 0) is 14.8 Å². The average molecular weight is 286 g/mol. The second-order valence-electron chi connectivity index (χ2n) is 3.78. The summed E-state index contributed by atoms with van der Waals surface area (Å²) in [6.07, 6.45) is 0.114. The maximum Gasteiger partial charge on any atom is 0.240 e. The smallest absolute Gasteiger partial charge is 0.240 e. The summed E-state index contributed by atoms with van der Waals surface area (Å²) in [5.41, 5.74) is 0. The number of rotatable bonds is 7. The van der Waals surface area contributed by atoms with Gasteiger partial charge in [0.25, 0.3) is 0 Å². The number of methoxy groups -OCH3 is 1. The number of amides is 1. The monoisotopic (exact) mass is 286 g/mol. The lowest BCUT2D eigenvalue weighted by molar-refractivity contribution is -0.120. The topological polar surface area (TPSA) is 84.5 Å². The first-order chi connectivity index (χ1) is 8.99. The van der Waals surface area contributed by atoms with Crippen LogP contribution in [0.5, 0.6) is 5.75 Å². The van der Waals surface area contributed by atoms with Gasteiger partial charge in [0.05, 0.1) is 12.0 Å². The van der Waals surface area contributed by atoms with Crippen LogP contribution in [0.2, 0.25) is 0 Å². The Morgan fingerprint density at radius 3 is 2.42 bits per heavy atom. The van der Waals surface area contributed by atoms with Crippen LogP contribution in [0.4, 0.5) is 0 Å². The van der Waals surface area contributed by atoms with E-state index in [1.54, 1.807) is 19.1 Å². The van der Waals surface area contributed by atoms with Gasteiger partial charge >= 0.3 is 0 Å². The molecule has 1 amide bonds. The molecule has 106 valence electrons. The molecule has 6 nitrogen and oxygen atoms in total. The summed E-state index contributed by atoms with van der Waals surface area (Å²) in [6.45, 7) is 2.41. The molecule has 1 rings (SSSR count). The third-order valence-electron chi connectivity index (χ3n) is 2.39. The van der Waals surface area contributed by atoms with Crippen LogP contribution >= 0.6 is 0 Å². The van der Waals surface area contributed by atoms with Gasteiger partial charge in [0, 0.05) is 19.5 Å². The minimum absolute atomic E-state index is 0.0696. The van der Waals surface area contributed by atoms with Gasteiger partial charge in [-0.3, -0.25) is 4.79 Å². The van der Waals surface area contributed by atoms with E-state index in [4.69, 9.17) is 4.74 Å². The van der Waals surface area contributed by atoms with Crippen LogP contribution in [0.15, 0.2) is 29.2 Å². The van der Waals surface area contributed by atoms with Crippen LogP contribution in [0.25, 0.3) is 0 Å². The number of sulfonamides is 1. The standard InChI is InChI=1S/C12H18N2O4S/c1-3-13-12(15)8-9-14-19(16,17)11-6-4-10(18-2)5-7-11/h4-7,14H,3,8-9H2,1-2H3,(H,13,15). The Morgan fingerprint density at radius 1 is 1.26 bits per heavy atom. The number of carbonyl (C=O) groups is 1. The van der Waals surface area contributed by atoms with Crippen LogP contribution in [0.1, 0.15) is 13.3 Å². The van der Waals surface area contributed by atoms with Gasteiger partial charge in [0.15, 0.2) is 0 Å². The molecular weight excluding hydrogens is 268 g/mol. The molecule has 0 radical (unpaired) electrons. The van der Waals surface area contributed by atoms with E-state index < -0.39 is 10.0 Å². The van der Waals surface area contributed by atoms with Gasteiger partial charge < -0.3 is 10.1 Å². The fraction of sp³-hybridized carbons (Fsp3) is 0.417. The summed E-state index contributed by atoms with van der Waals surface area (Å²) >= 11 is 0. The Kier molecular flexibility index (Phi) is 5.78. The number of ether oxygens (including phenoxy) is 1. The maximum absolute atomic E-state index is 11.9. The number of benzene rings is 1. The Hall–Kier alpha value is -1.60. The van der Waals surface area contributed by atoms with Gasteiger partial charge in [-0.1, -0.05) is 0 Å². The van der Waals surface area contributed by atoms with E-state index in [9.17, 15) is 13.2 Å². The van der Waals surface area contributed by atoms with E-state index in [0.717, 1.165) is 0 Å². The van der Waals surface area contributed by atoms with Crippen molar-refractivity contribution >= 4 is 15.9 Å². The first-order valence-corrected chi connectivity index (χ1v) is 7.38. The zero-order valence-corrected chi connectivity index (χ0v) is 11.8. The van der Waals surface area contributed by atoms with Crippen molar-refractivity contribution < 1.29 is 17.9 Å². The van der Waals surface area contributed by atoms with Crippen molar-refractivity contribution in [1.82, 2.24) is 10.0 Å². The number of hydrogen-bond acceptors (Lipinski definition) is 4. The molecular formula is C12H18N2O4S. The predicted molar refractivity (Wildman–Crippen MR) is 71.5 cm³/mol. The largest absolute Gasteiger partial charge is 0.497 e. The molecule has 7 heteroatoms. The summed E-state index contributed by atoms with van der Waals surface area (Å²) < 4.78 is 31.1. The van der Waals surface area contributed by atoms with Crippen molar-refractivity contribution in [2.75, 3.05) is 20.2 Å². The zero-order valence-electron chi connectivity index (χ0n) is 11.0. The molecule has 0 fully saturated rings. The Balaban J connectivity index is 2.57. The molecule has 19 heavy (non-hydrogen) atoms. The molecule has 1 aromatic rings. The fourth-order valence-corrected chi connectivity index (χ4v) is 2.45. The molecule has 0 saturated heterocycles. The lowest BCUT2D eigenvalue weighted by atomic mass is 10.3. The van der Waals surface area contributed by atoms with Crippen LogP contribution < -0.4 is 14.8 Å². The molecule has 0 aromatic heterocycles. The van der Waals surface area contributed by atoms with Crippen molar-refractivity contribution in [3.8, 4) is 5.75 Å². The van der Waals surface area contributed by atoms with Crippen LogP contribution in [0, 0.1) is 0 Å². The van der Waals surface area contributed by atoms with Gasteiger partial charge in [0.1, 0.15) is 5.75 Å². The van der Waals surface area contributed by atoms with Crippen molar-refractivity contribution in [3.63, 3.8) is 0 Å². The molecule has 2 N–H and O–H groups in total. The Morgan fingerprint density at radius 2 is 1.89 bits per heavy atom. The number of hydrogen-bond donors (Lipinski definition) is 2. The van der Waals surface area contributed by atoms with Gasteiger partial charge in [-0.25, -0.2) is 13.1 Å². The summed E-state index contributed by atoms with van der Waals surface area (Å²) in [7, 11) is -2.07. The summed E-state index contributed by atoms with van der Waals surface area (Å²) in [5.74, 6) is 0.404. The third kappa shape index (κ3) is 4.88. The van der Waals surface area contributed by atoms with Gasteiger partial charge in [-0.05, 0) is 31.2 Å². The van der Waals surface area contributed by atoms with Crippen molar-refractivity contribution in [3.05, 3.63) is 24.3 Å². The molecule has 0 atom stereocenters. The van der Waals surface area contributed by atoms with Gasteiger partial charge in [-0.15, -0.1) is 0 Å². The van der Waals surface area contributed by atoms with Crippen molar-refractivity contribution in [2.45, 2.75) is 18.2 Å². The quantitative estimate of drug-likeness (QED) is 0.764. The van der Waals surface area contributed by atoms with E-state index in [2.05, 4.69) is 10.0 Å². The van der Waals surface area contributed by atoms with E-state index in [1.807, 2.05) is 0 Å². The highest BCUT2D eigenvalue weighted by Gasteiger charge is 2.13. The Labute approximate surface area is 113 Å². The second-order valence-corrected chi connectivity index (χ2v) is 5.54. The minimum Gasteiger partial charge on any atom is -0.497 e. The van der Waals surface area contributed by atoms with Crippen LogP contribution in [0.3, 0.4) is 0 Å². The fourth-order valence-electron chi connectivity index (χ4n) is 1.42. The third-order valence-corrected chi connectivity index (χ3v) is 3.86. The van der Waals surface area contributed by atoms with E-state index in [1.165, 1.54) is 19.2 Å². The number of nitrogens with one attached hydrogen (secondary N) is 2. The van der Waals surface area contributed by atoms with Crippen molar-refractivity contribution in [1.29, 1.82) is 0 Å². The molecule has 1 aromatic carbocycles. The highest BCUT2D eigenvalue weighted by Crippen LogP contribution is 2.15. The molecule has 0 saturated carbocycles. The van der Waals surface area contributed by atoms with Crippen LogP contribution in [-0.4, -0.2) is 34.5 Å². The summed E-state index contributed by atoms with van der Waals surface area (Å²) in [5, 5.41) is 2.60. The van der Waals surface area contributed by atoms with Gasteiger partial charge in [-0.2, -0.15) is 0 Å². The number of carbonyl (C=O) groups excluding carboxylic acids is 1. The highest BCUT2D eigenvalue weighted by molar-refractivity contribution is 7.89. The van der Waals surface area contributed by atoms with E-state index in [0.29, 0.717) is 12.3 Å². The molecule has 0 spiro atoms. The maximum atomic E-state index is 11.9. The molecule has 0 aliphatic heterocycles. The summed E-state index contributed by atoms with van der Waals surface area (Å²) in [6, 6.07) is 6.04. The van der Waals surface area contributed by atoms with Crippen molar-refractivity contribution in [2.24, 2.45) is 0 Å². The molecule has 0 heterocycles. The zero-order chi connectivity index (χ0) is 14.3. The lowest BCUT2D eigenvalue weighted by Gasteiger charge is -2.07. The first kappa shape index (κ1) is 15.5. The lowest BCUT2D eigenvalue weighted by Crippen LogP contribution is -2.30. The summed E-state index contributed by atoms with van der Waals surface area (Å²) in [4.78, 5) is 11.3. The van der Waals surface area contributed by atoms with E-state index >= 15 is 0 Å². The molecule has 0 aliphatic rings. The molecule has 0 aliphatic carbocycles. The normalized spacial score (nSPS) is 11.1. The molecule has 0 bridgehead atoms. The van der Waals surface area contributed by atoms with E-state index in [-0.39, 0.29) is 23.8 Å². The van der Waals surface area contributed by atoms with Gasteiger partial charge in [0.2, 0.25) is 15.9 Å². The minimum atomic E-state index is -3.58. The average Bonchev–Trinajstić information content (AvgIpc) is 2.39. The highest BCUT2D eigenvalue weighted by atomic mass is 32.2. The first-order valence-electron chi connectivity index (χ1n) is 5.90. The Bertz CT molecular complexity index is 511. The predicted octanol–water partition coefficient (Wildman–Crippen LogP) is 0.500. The molecule has 0 unspecified atom stereocenters. The second kappa shape index (κ2) is 7.10. The SMILES string of the molecule is CCNC(=O)CCNS(=O)(=O)c1ccc(OC)cc1.